The Balaban J connectivity index is -0.00000102. The molecule has 0 aliphatic heterocycles. The van der Waals surface area contributed by atoms with Crippen LogP contribution >= 0.6 is 11.8 Å². The number of Topliss-reactive ketones (excluding diaryl/α,β-unsaturated/α-hetero) is 1. The van der Waals surface area contributed by atoms with Crippen LogP contribution in [0.4, 0.5) is 4.79 Å². The first-order valence-corrected chi connectivity index (χ1v) is 10.6. The van der Waals surface area contributed by atoms with Gasteiger partial charge in [0, 0.05) is 13.1 Å². The Morgan fingerprint density at radius 2 is 1.50 bits per heavy atom. The van der Waals surface area contributed by atoms with E-state index in [4.69, 9.17) is 0 Å². The molecule has 0 radical (unpaired) electrons. The van der Waals surface area contributed by atoms with E-state index < -0.39 is 5.54 Å². The van der Waals surface area contributed by atoms with Crippen LogP contribution < -0.4 is 16.0 Å². The van der Waals surface area contributed by atoms with Gasteiger partial charge >= 0.3 is 6.03 Å². The van der Waals surface area contributed by atoms with E-state index in [1.54, 1.807) is 13.8 Å². The summed E-state index contributed by atoms with van der Waals surface area (Å²) in [6, 6.07) is -0.299. The van der Waals surface area contributed by atoms with Gasteiger partial charge in [0.15, 0.2) is 5.78 Å². The number of amides is 2. The maximum absolute atomic E-state index is 11.6. The lowest BCUT2D eigenvalue weighted by molar-refractivity contribution is -0.121. The Hall–Kier alpha value is -0.750. The third-order valence-electron chi connectivity index (χ3n) is 3.10. The average molecular weight is 364 g/mol. The van der Waals surface area contributed by atoms with Crippen LogP contribution in [-0.4, -0.2) is 49.0 Å². The van der Waals surface area contributed by atoms with Gasteiger partial charge in [0.1, 0.15) is 0 Å². The van der Waals surface area contributed by atoms with Crippen molar-refractivity contribution in [2.75, 3.05) is 31.6 Å². The van der Waals surface area contributed by atoms with Crippen molar-refractivity contribution in [3.63, 3.8) is 0 Å². The van der Waals surface area contributed by atoms with Crippen LogP contribution in [0.15, 0.2) is 0 Å². The summed E-state index contributed by atoms with van der Waals surface area (Å²) in [5.74, 6) is 1.17. The molecule has 0 saturated carbocycles. The molecule has 0 heterocycles. The highest BCUT2D eigenvalue weighted by molar-refractivity contribution is 7.98. The van der Waals surface area contributed by atoms with Crippen molar-refractivity contribution >= 4 is 23.6 Å². The number of urea groups is 1. The van der Waals surface area contributed by atoms with E-state index in [1.165, 1.54) is 31.9 Å². The summed E-state index contributed by atoms with van der Waals surface area (Å²) < 4.78 is 0. The van der Waals surface area contributed by atoms with Crippen molar-refractivity contribution in [2.45, 2.75) is 73.3 Å². The minimum Gasteiger partial charge on any atom is -0.337 e. The number of nitrogens with one attached hydrogen (secondary N) is 3. The highest BCUT2D eigenvalue weighted by Crippen LogP contribution is 2.02. The van der Waals surface area contributed by atoms with Crippen LogP contribution in [-0.2, 0) is 4.79 Å². The number of hydrogen-bond donors (Lipinski definition) is 3. The van der Waals surface area contributed by atoms with Crippen molar-refractivity contribution in [1.82, 2.24) is 16.0 Å². The highest BCUT2D eigenvalue weighted by atomic mass is 32.2. The fraction of sp³-hybridized carbons (Fsp3) is 0.889. The molecule has 5 nitrogen and oxygen atoms in total. The molecule has 0 spiro atoms. The van der Waals surface area contributed by atoms with Crippen molar-refractivity contribution < 1.29 is 9.59 Å². The number of ketones is 1. The molecule has 0 aliphatic rings. The zero-order valence-corrected chi connectivity index (χ0v) is 18.0. The first kappa shape index (κ1) is 28.1. The van der Waals surface area contributed by atoms with Crippen LogP contribution in [0.1, 0.15) is 67.7 Å². The van der Waals surface area contributed by atoms with Crippen LogP contribution in [0.25, 0.3) is 0 Å². The largest absolute Gasteiger partial charge is 0.337 e. The monoisotopic (exact) mass is 363 g/mol. The molecule has 0 aromatic carbocycles. The second kappa shape index (κ2) is 20.3. The maximum Gasteiger partial charge on any atom is 0.315 e. The standard InChI is InChI=1S/C14H29N3O2S.2C2H6/c1-12(18)14(2,3)17-13(19)16-10-9-15-8-6-5-7-11-20-4;2*1-2/h15H,5-11H2,1-4H3,(H2,16,17,19);2*1-2H3. The predicted molar refractivity (Wildman–Crippen MR) is 109 cm³/mol. The lowest BCUT2D eigenvalue weighted by Gasteiger charge is -2.23. The van der Waals surface area contributed by atoms with Gasteiger partial charge in [-0.1, -0.05) is 34.1 Å². The van der Waals surface area contributed by atoms with Gasteiger partial charge in [0.25, 0.3) is 0 Å². The molecular weight excluding hydrogens is 322 g/mol. The van der Waals surface area contributed by atoms with Crippen LogP contribution in [0.2, 0.25) is 0 Å². The van der Waals surface area contributed by atoms with Crippen molar-refractivity contribution in [2.24, 2.45) is 0 Å². The quantitative estimate of drug-likeness (QED) is 0.488. The van der Waals surface area contributed by atoms with Crippen molar-refractivity contribution in [3.05, 3.63) is 0 Å². The van der Waals surface area contributed by atoms with E-state index >= 15 is 0 Å². The summed E-state index contributed by atoms with van der Waals surface area (Å²) in [6.45, 7) is 15.2. The summed E-state index contributed by atoms with van der Waals surface area (Å²) in [6.07, 6.45) is 5.81. The fourth-order valence-corrected chi connectivity index (χ4v) is 1.97. The summed E-state index contributed by atoms with van der Waals surface area (Å²) in [5.41, 5.74) is -0.811. The van der Waals surface area contributed by atoms with Gasteiger partial charge in [0.2, 0.25) is 0 Å². The third-order valence-corrected chi connectivity index (χ3v) is 3.79. The Bertz CT molecular complexity index is 298. The number of rotatable bonds is 11. The van der Waals surface area contributed by atoms with Gasteiger partial charge in [-0.25, -0.2) is 4.79 Å². The second-order valence-corrected chi connectivity index (χ2v) is 6.35. The summed E-state index contributed by atoms with van der Waals surface area (Å²) in [4.78, 5) is 22.8. The summed E-state index contributed by atoms with van der Waals surface area (Å²) in [5, 5.41) is 8.68. The van der Waals surface area contributed by atoms with Gasteiger partial charge in [-0.2, -0.15) is 11.8 Å². The molecule has 146 valence electrons. The molecule has 6 heteroatoms. The SMILES string of the molecule is CC.CC.CSCCCCCNCCNC(=O)NC(C)(C)C(C)=O. The first-order valence-electron chi connectivity index (χ1n) is 9.17. The number of carbonyl (C=O) groups excluding carboxylic acids is 2. The van der Waals surface area contributed by atoms with E-state index in [0.717, 1.165) is 13.1 Å². The molecule has 0 saturated heterocycles. The number of carbonyl (C=O) groups is 2. The number of hydrogen-bond acceptors (Lipinski definition) is 4. The van der Waals surface area contributed by atoms with E-state index in [0.29, 0.717) is 6.54 Å². The molecule has 0 rings (SSSR count). The lowest BCUT2D eigenvalue weighted by atomic mass is 10.0. The molecule has 24 heavy (non-hydrogen) atoms. The predicted octanol–water partition coefficient (Wildman–Crippen LogP) is 3.83. The summed E-state index contributed by atoms with van der Waals surface area (Å²) in [7, 11) is 0. The van der Waals surface area contributed by atoms with Crippen LogP contribution in [0.5, 0.6) is 0 Å². The van der Waals surface area contributed by atoms with Crippen molar-refractivity contribution in [1.29, 1.82) is 0 Å². The van der Waals surface area contributed by atoms with Crippen LogP contribution in [0.3, 0.4) is 0 Å². The average Bonchev–Trinajstić information content (AvgIpc) is 2.56. The highest BCUT2D eigenvalue weighted by Gasteiger charge is 2.25. The van der Waals surface area contributed by atoms with Gasteiger partial charge < -0.3 is 16.0 Å². The Labute approximate surface area is 154 Å². The smallest absolute Gasteiger partial charge is 0.315 e. The molecule has 0 aliphatic carbocycles. The molecular formula is C18H41N3O2S. The Kier molecular flexibility index (Phi) is 23.7. The Morgan fingerprint density at radius 3 is 2.00 bits per heavy atom. The van der Waals surface area contributed by atoms with E-state index in [9.17, 15) is 9.59 Å². The minimum absolute atomic E-state index is 0.0592. The van der Waals surface area contributed by atoms with Crippen molar-refractivity contribution in [3.8, 4) is 0 Å². The van der Waals surface area contributed by atoms with E-state index in [-0.39, 0.29) is 11.8 Å². The Morgan fingerprint density at radius 1 is 0.917 bits per heavy atom. The molecule has 0 aromatic heterocycles. The molecule has 3 N–H and O–H groups in total. The van der Waals surface area contributed by atoms with E-state index in [2.05, 4.69) is 22.2 Å². The molecule has 0 aromatic rings. The summed E-state index contributed by atoms with van der Waals surface area (Å²) >= 11 is 1.88. The topological polar surface area (TPSA) is 70.2 Å². The van der Waals surface area contributed by atoms with Gasteiger partial charge in [-0.3, -0.25) is 4.79 Å². The maximum atomic E-state index is 11.6. The van der Waals surface area contributed by atoms with Gasteiger partial charge in [-0.15, -0.1) is 0 Å². The number of unbranched alkanes of at least 4 members (excludes halogenated alkanes) is 2. The fourth-order valence-electron chi connectivity index (χ4n) is 1.48. The third kappa shape index (κ3) is 19.3. The molecule has 0 unspecified atom stereocenters. The molecule has 0 fully saturated rings. The lowest BCUT2D eigenvalue weighted by Crippen LogP contribution is -2.53. The van der Waals surface area contributed by atoms with Gasteiger partial charge in [0.05, 0.1) is 5.54 Å². The second-order valence-electron chi connectivity index (χ2n) is 5.37. The normalized spacial score (nSPS) is 9.83. The zero-order valence-electron chi connectivity index (χ0n) is 17.2. The molecule has 2 amide bonds. The van der Waals surface area contributed by atoms with E-state index in [1.807, 2.05) is 39.5 Å². The first-order chi connectivity index (χ1) is 11.4. The zero-order chi connectivity index (χ0) is 19.4. The van der Waals surface area contributed by atoms with Gasteiger partial charge in [-0.05, 0) is 52.2 Å². The molecule has 0 atom stereocenters. The molecule has 0 bridgehead atoms. The number of thioether (sulfide) groups is 1. The van der Waals surface area contributed by atoms with Crippen LogP contribution in [0, 0.1) is 0 Å². The minimum atomic E-state index is -0.811.